The maximum Gasteiger partial charge on any atom is 0.393 e. The molecule has 1 saturated heterocycles. The Hall–Kier alpha value is -0.740. The summed E-state index contributed by atoms with van der Waals surface area (Å²) in [6.45, 7) is 0.281. The summed E-state index contributed by atoms with van der Waals surface area (Å²) in [6.07, 6.45) is -3.07. The monoisotopic (exact) mass is 181 g/mol. The molecule has 1 amide bonds. The number of hydrogen-bond donors (Lipinski definition) is 0. The van der Waals surface area contributed by atoms with E-state index in [2.05, 4.69) is 0 Å². The fourth-order valence-electron chi connectivity index (χ4n) is 1.37. The van der Waals surface area contributed by atoms with Crippen LogP contribution in [-0.4, -0.2) is 30.6 Å². The lowest BCUT2D eigenvalue weighted by Gasteiger charge is -2.30. The fourth-order valence-corrected chi connectivity index (χ4v) is 1.37. The SMILES string of the molecule is O=CN1CCCC(C(F)(F)F)C1. The molecular formula is C7H10F3NO. The Morgan fingerprint density at radius 2 is 2.08 bits per heavy atom. The van der Waals surface area contributed by atoms with Gasteiger partial charge in [-0.25, -0.2) is 0 Å². The van der Waals surface area contributed by atoms with Gasteiger partial charge in [0.2, 0.25) is 6.41 Å². The van der Waals surface area contributed by atoms with Gasteiger partial charge in [0.15, 0.2) is 0 Å². The molecule has 0 aliphatic carbocycles. The Balaban J connectivity index is 2.51. The number of hydrogen-bond acceptors (Lipinski definition) is 1. The van der Waals surface area contributed by atoms with E-state index in [4.69, 9.17) is 0 Å². The number of carbonyl (C=O) groups is 1. The predicted octanol–water partition coefficient (Wildman–Crippen LogP) is 1.42. The molecule has 0 saturated carbocycles. The molecule has 0 radical (unpaired) electrons. The van der Waals surface area contributed by atoms with Crippen LogP contribution in [0.1, 0.15) is 12.8 Å². The van der Waals surface area contributed by atoms with E-state index >= 15 is 0 Å². The third kappa shape index (κ3) is 2.12. The van der Waals surface area contributed by atoms with Gasteiger partial charge in [0.05, 0.1) is 5.92 Å². The Morgan fingerprint density at radius 1 is 1.42 bits per heavy atom. The van der Waals surface area contributed by atoms with Crippen molar-refractivity contribution in [1.82, 2.24) is 4.90 Å². The molecule has 0 aromatic heterocycles. The molecule has 1 atom stereocenters. The van der Waals surface area contributed by atoms with Crippen molar-refractivity contribution in [3.63, 3.8) is 0 Å². The van der Waals surface area contributed by atoms with Crippen molar-refractivity contribution in [2.24, 2.45) is 5.92 Å². The van der Waals surface area contributed by atoms with Crippen molar-refractivity contribution in [3.8, 4) is 0 Å². The number of rotatable bonds is 1. The van der Waals surface area contributed by atoms with Gasteiger partial charge in [-0.05, 0) is 12.8 Å². The molecule has 0 aromatic carbocycles. The third-order valence-corrected chi connectivity index (χ3v) is 2.06. The molecule has 0 N–H and O–H groups in total. The summed E-state index contributed by atoms with van der Waals surface area (Å²) in [5, 5.41) is 0. The van der Waals surface area contributed by atoms with Gasteiger partial charge in [0.1, 0.15) is 0 Å². The van der Waals surface area contributed by atoms with Crippen LogP contribution in [0.3, 0.4) is 0 Å². The first-order valence-corrected chi connectivity index (χ1v) is 3.80. The van der Waals surface area contributed by atoms with E-state index in [1.165, 1.54) is 4.90 Å². The van der Waals surface area contributed by atoms with Crippen LogP contribution in [0.5, 0.6) is 0 Å². The predicted molar refractivity (Wildman–Crippen MR) is 36.4 cm³/mol. The average molecular weight is 181 g/mol. The Kier molecular flexibility index (Phi) is 2.59. The quantitative estimate of drug-likeness (QED) is 0.560. The van der Waals surface area contributed by atoms with E-state index in [1.54, 1.807) is 0 Å². The van der Waals surface area contributed by atoms with Gasteiger partial charge in [0.25, 0.3) is 0 Å². The minimum absolute atomic E-state index is 0.147. The Bertz CT molecular complexity index is 169. The highest BCUT2D eigenvalue weighted by Gasteiger charge is 2.41. The zero-order chi connectivity index (χ0) is 9.19. The van der Waals surface area contributed by atoms with Gasteiger partial charge < -0.3 is 4.90 Å². The number of carbonyl (C=O) groups excluding carboxylic acids is 1. The molecule has 1 rings (SSSR count). The van der Waals surface area contributed by atoms with Crippen LogP contribution in [0.15, 0.2) is 0 Å². The summed E-state index contributed by atoms with van der Waals surface area (Å²) in [4.78, 5) is 11.4. The van der Waals surface area contributed by atoms with Crippen molar-refractivity contribution >= 4 is 6.41 Å². The number of halogens is 3. The normalized spacial score (nSPS) is 25.6. The summed E-state index contributed by atoms with van der Waals surface area (Å²) in [7, 11) is 0. The second-order valence-electron chi connectivity index (χ2n) is 2.98. The molecule has 1 aliphatic heterocycles. The largest absolute Gasteiger partial charge is 0.393 e. The lowest BCUT2D eigenvalue weighted by atomic mass is 9.98. The average Bonchev–Trinajstić information content (AvgIpc) is 2.03. The lowest BCUT2D eigenvalue weighted by molar-refractivity contribution is -0.186. The summed E-state index contributed by atoms with van der Waals surface area (Å²) in [6, 6.07) is 0. The highest BCUT2D eigenvalue weighted by atomic mass is 19.4. The fraction of sp³-hybridized carbons (Fsp3) is 0.857. The molecule has 1 aliphatic rings. The van der Waals surface area contributed by atoms with Crippen LogP contribution in [0, 0.1) is 5.92 Å². The first kappa shape index (κ1) is 9.35. The molecule has 2 nitrogen and oxygen atoms in total. The van der Waals surface area contributed by atoms with Crippen LogP contribution < -0.4 is 0 Å². The lowest BCUT2D eigenvalue weighted by Crippen LogP contribution is -2.40. The van der Waals surface area contributed by atoms with E-state index in [0.717, 1.165) is 0 Å². The van der Waals surface area contributed by atoms with Crippen molar-refractivity contribution in [3.05, 3.63) is 0 Å². The first-order chi connectivity index (χ1) is 5.54. The highest BCUT2D eigenvalue weighted by molar-refractivity contribution is 5.47. The number of piperidine rings is 1. The van der Waals surface area contributed by atoms with Crippen LogP contribution in [0.4, 0.5) is 13.2 Å². The van der Waals surface area contributed by atoms with Crippen molar-refractivity contribution in [1.29, 1.82) is 0 Å². The van der Waals surface area contributed by atoms with Crippen LogP contribution in [0.25, 0.3) is 0 Å². The van der Waals surface area contributed by atoms with Crippen molar-refractivity contribution in [2.45, 2.75) is 19.0 Å². The van der Waals surface area contributed by atoms with Crippen molar-refractivity contribution < 1.29 is 18.0 Å². The zero-order valence-electron chi connectivity index (χ0n) is 6.47. The van der Waals surface area contributed by atoms with Gasteiger partial charge in [0, 0.05) is 13.1 Å². The standard InChI is InChI=1S/C7H10F3NO/c8-7(9,10)6-2-1-3-11(4-6)5-12/h5-6H,1-4H2. The van der Waals surface area contributed by atoms with E-state index < -0.39 is 12.1 Å². The first-order valence-electron chi connectivity index (χ1n) is 3.80. The number of alkyl halides is 3. The third-order valence-electron chi connectivity index (χ3n) is 2.06. The summed E-state index contributed by atoms with van der Waals surface area (Å²) in [5.41, 5.74) is 0. The van der Waals surface area contributed by atoms with E-state index in [-0.39, 0.29) is 13.0 Å². The molecule has 12 heavy (non-hydrogen) atoms. The molecule has 0 aromatic rings. The molecule has 1 unspecified atom stereocenters. The summed E-state index contributed by atoms with van der Waals surface area (Å²) >= 11 is 0. The van der Waals surface area contributed by atoms with Crippen LogP contribution in [0.2, 0.25) is 0 Å². The molecular weight excluding hydrogens is 171 g/mol. The second-order valence-corrected chi connectivity index (χ2v) is 2.98. The maximum atomic E-state index is 12.1. The number of nitrogens with zero attached hydrogens (tertiary/aromatic N) is 1. The number of amides is 1. The minimum Gasteiger partial charge on any atom is -0.345 e. The summed E-state index contributed by atoms with van der Waals surface area (Å²) in [5.74, 6) is -1.32. The van der Waals surface area contributed by atoms with Gasteiger partial charge in [-0.3, -0.25) is 4.79 Å². The van der Waals surface area contributed by atoms with Gasteiger partial charge in [-0.15, -0.1) is 0 Å². The molecule has 0 spiro atoms. The zero-order valence-corrected chi connectivity index (χ0v) is 6.47. The molecule has 1 fully saturated rings. The van der Waals surface area contributed by atoms with Gasteiger partial charge in [-0.1, -0.05) is 0 Å². The van der Waals surface area contributed by atoms with E-state index in [1.807, 2.05) is 0 Å². The van der Waals surface area contributed by atoms with Crippen LogP contribution >= 0.6 is 0 Å². The van der Waals surface area contributed by atoms with Crippen molar-refractivity contribution in [2.75, 3.05) is 13.1 Å². The topological polar surface area (TPSA) is 20.3 Å². The maximum absolute atomic E-state index is 12.1. The highest BCUT2D eigenvalue weighted by Crippen LogP contribution is 2.32. The van der Waals surface area contributed by atoms with Gasteiger partial charge >= 0.3 is 6.18 Å². The molecule has 5 heteroatoms. The smallest absolute Gasteiger partial charge is 0.345 e. The minimum atomic E-state index is -4.15. The van der Waals surface area contributed by atoms with Crippen LogP contribution in [-0.2, 0) is 4.79 Å². The number of likely N-dealkylation sites (tertiary alicyclic amines) is 1. The molecule has 70 valence electrons. The Labute approximate surface area is 68.3 Å². The van der Waals surface area contributed by atoms with Gasteiger partial charge in [-0.2, -0.15) is 13.2 Å². The molecule has 0 bridgehead atoms. The van der Waals surface area contributed by atoms with E-state index in [0.29, 0.717) is 19.4 Å². The molecule has 1 heterocycles. The second kappa shape index (κ2) is 3.33. The summed E-state index contributed by atoms with van der Waals surface area (Å²) < 4.78 is 36.3. The Morgan fingerprint density at radius 3 is 2.58 bits per heavy atom. The van der Waals surface area contributed by atoms with E-state index in [9.17, 15) is 18.0 Å².